The molecule has 1 N–H and O–H groups in total. The Kier molecular flexibility index (Phi) is 7.78. The van der Waals surface area contributed by atoms with Gasteiger partial charge in [-0.25, -0.2) is 0 Å². The number of nitrogens with one attached hydrogen (secondary N) is 1. The van der Waals surface area contributed by atoms with Crippen LogP contribution in [0.2, 0.25) is 10.0 Å². The van der Waals surface area contributed by atoms with Crippen molar-refractivity contribution in [3.8, 4) is 0 Å². The molecule has 0 aromatic heterocycles. The number of carbonyl (C=O) groups is 1. The number of aryl methyl sites for hydroxylation is 1. The maximum Gasteiger partial charge on any atom is 0.228 e. The van der Waals surface area contributed by atoms with E-state index in [9.17, 15) is 4.79 Å². The van der Waals surface area contributed by atoms with Crippen molar-refractivity contribution in [3.63, 3.8) is 0 Å². The number of hydrogen-bond acceptors (Lipinski definition) is 2. The summed E-state index contributed by atoms with van der Waals surface area (Å²) >= 11 is 12.3. The number of anilines is 1. The van der Waals surface area contributed by atoms with E-state index < -0.39 is 0 Å². The van der Waals surface area contributed by atoms with Crippen LogP contribution in [0.25, 0.3) is 0 Å². The quantitative estimate of drug-likeness (QED) is 0.581. The summed E-state index contributed by atoms with van der Waals surface area (Å²) in [5.41, 5.74) is 3.25. The molecule has 28 heavy (non-hydrogen) atoms. The van der Waals surface area contributed by atoms with Crippen molar-refractivity contribution in [1.29, 1.82) is 0 Å². The summed E-state index contributed by atoms with van der Waals surface area (Å²) in [7, 11) is 0. The number of benzene rings is 2. The molecule has 0 spiro atoms. The number of carbonyl (C=O) groups excluding carboxylic acids is 1. The summed E-state index contributed by atoms with van der Waals surface area (Å²) in [5, 5.41) is 4.42. The molecule has 1 fully saturated rings. The fourth-order valence-electron chi connectivity index (χ4n) is 3.68. The van der Waals surface area contributed by atoms with Crippen LogP contribution < -0.4 is 5.32 Å². The molecule has 1 aliphatic heterocycles. The van der Waals surface area contributed by atoms with E-state index in [4.69, 9.17) is 23.2 Å². The summed E-state index contributed by atoms with van der Waals surface area (Å²) in [6.07, 6.45) is 5.42. The van der Waals surface area contributed by atoms with Crippen molar-refractivity contribution in [1.82, 2.24) is 4.90 Å². The Morgan fingerprint density at radius 3 is 2.68 bits per heavy atom. The maximum atomic E-state index is 12.8. The van der Waals surface area contributed by atoms with Gasteiger partial charge in [-0.1, -0.05) is 54.7 Å². The molecular weight excluding hydrogens is 391 g/mol. The standard InChI is InChI=1S/C23H28Cl2N2O/c1-2-3-5-17-7-11-21(12-8-17)26-23(28)19-6-4-13-27(16-19)15-18-9-10-20(24)14-22(18)25/h7-12,14,19H,2-6,13,15-16H2,1H3,(H,26,28)/t19-/m0/s1. The number of amides is 1. The highest BCUT2D eigenvalue weighted by Gasteiger charge is 2.26. The van der Waals surface area contributed by atoms with Crippen molar-refractivity contribution in [2.24, 2.45) is 5.92 Å². The third-order valence-electron chi connectivity index (χ3n) is 5.33. The summed E-state index contributed by atoms with van der Waals surface area (Å²) < 4.78 is 0. The molecular formula is C23H28Cl2N2O. The van der Waals surface area contributed by atoms with Crippen LogP contribution in [-0.4, -0.2) is 23.9 Å². The Morgan fingerprint density at radius 1 is 1.18 bits per heavy atom. The minimum absolute atomic E-state index is 0.000376. The van der Waals surface area contributed by atoms with Crippen molar-refractivity contribution >= 4 is 34.8 Å². The number of nitrogens with zero attached hydrogens (tertiary/aromatic N) is 1. The van der Waals surface area contributed by atoms with E-state index in [2.05, 4.69) is 29.3 Å². The Bertz CT molecular complexity index is 792. The van der Waals surface area contributed by atoms with Gasteiger partial charge in [0.2, 0.25) is 5.91 Å². The van der Waals surface area contributed by atoms with Crippen LogP contribution in [0.3, 0.4) is 0 Å². The van der Waals surface area contributed by atoms with Gasteiger partial charge in [-0.15, -0.1) is 0 Å². The minimum atomic E-state index is -0.000376. The Hall–Kier alpha value is -1.55. The van der Waals surface area contributed by atoms with Gasteiger partial charge in [-0.05, 0) is 67.6 Å². The largest absolute Gasteiger partial charge is 0.326 e. The van der Waals surface area contributed by atoms with Gasteiger partial charge < -0.3 is 5.32 Å². The van der Waals surface area contributed by atoms with E-state index in [1.165, 1.54) is 18.4 Å². The second-order valence-electron chi connectivity index (χ2n) is 7.60. The van der Waals surface area contributed by atoms with E-state index in [1.54, 1.807) is 6.07 Å². The topological polar surface area (TPSA) is 32.3 Å². The number of halogens is 2. The molecule has 150 valence electrons. The summed E-state index contributed by atoms with van der Waals surface area (Å²) in [4.78, 5) is 15.1. The van der Waals surface area contributed by atoms with Crippen LogP contribution in [0.15, 0.2) is 42.5 Å². The van der Waals surface area contributed by atoms with Crippen LogP contribution in [0.5, 0.6) is 0 Å². The molecule has 2 aromatic carbocycles. The second kappa shape index (κ2) is 10.3. The van der Waals surface area contributed by atoms with E-state index in [0.29, 0.717) is 10.0 Å². The van der Waals surface area contributed by atoms with Gasteiger partial charge in [-0.2, -0.15) is 0 Å². The number of rotatable bonds is 7. The number of piperidine rings is 1. The second-order valence-corrected chi connectivity index (χ2v) is 8.44. The van der Waals surface area contributed by atoms with Crippen LogP contribution in [0.4, 0.5) is 5.69 Å². The fraction of sp³-hybridized carbons (Fsp3) is 0.435. The van der Waals surface area contributed by atoms with Gasteiger partial charge >= 0.3 is 0 Å². The van der Waals surface area contributed by atoms with Gasteiger partial charge in [0.05, 0.1) is 5.92 Å². The van der Waals surface area contributed by atoms with Crippen LogP contribution in [0, 0.1) is 5.92 Å². The Labute approximate surface area is 178 Å². The average Bonchev–Trinajstić information content (AvgIpc) is 2.70. The molecule has 0 aliphatic carbocycles. The first-order valence-electron chi connectivity index (χ1n) is 10.1. The van der Waals surface area contributed by atoms with Crippen LogP contribution >= 0.6 is 23.2 Å². The van der Waals surface area contributed by atoms with Gasteiger partial charge in [0.25, 0.3) is 0 Å². The zero-order valence-electron chi connectivity index (χ0n) is 16.4. The summed E-state index contributed by atoms with van der Waals surface area (Å²) in [6.45, 7) is 4.67. The lowest BCUT2D eigenvalue weighted by Crippen LogP contribution is -2.40. The molecule has 0 radical (unpaired) electrons. The molecule has 1 atom stereocenters. The monoisotopic (exact) mass is 418 g/mol. The summed E-state index contributed by atoms with van der Waals surface area (Å²) in [6, 6.07) is 13.8. The molecule has 1 aliphatic rings. The van der Waals surface area contributed by atoms with E-state index in [-0.39, 0.29) is 11.8 Å². The van der Waals surface area contributed by atoms with Crippen LogP contribution in [0.1, 0.15) is 43.7 Å². The van der Waals surface area contributed by atoms with Gasteiger partial charge in [0.1, 0.15) is 0 Å². The first-order valence-corrected chi connectivity index (χ1v) is 10.9. The zero-order chi connectivity index (χ0) is 19.9. The lowest BCUT2D eigenvalue weighted by atomic mass is 9.96. The van der Waals surface area contributed by atoms with Crippen molar-refractivity contribution in [2.45, 2.75) is 45.6 Å². The Balaban J connectivity index is 1.55. The van der Waals surface area contributed by atoms with Gasteiger partial charge in [-0.3, -0.25) is 9.69 Å². The normalized spacial score (nSPS) is 17.5. The number of hydrogen-bond donors (Lipinski definition) is 1. The minimum Gasteiger partial charge on any atom is -0.326 e. The first-order chi connectivity index (χ1) is 13.5. The van der Waals surface area contributed by atoms with Gasteiger partial charge in [0, 0.05) is 28.8 Å². The van der Waals surface area contributed by atoms with Gasteiger partial charge in [0.15, 0.2) is 0 Å². The molecule has 3 nitrogen and oxygen atoms in total. The number of likely N-dealkylation sites (tertiary alicyclic amines) is 1. The van der Waals surface area contributed by atoms with Crippen molar-refractivity contribution in [3.05, 3.63) is 63.6 Å². The fourth-order valence-corrected chi connectivity index (χ4v) is 4.15. The van der Waals surface area contributed by atoms with Crippen molar-refractivity contribution < 1.29 is 4.79 Å². The van der Waals surface area contributed by atoms with E-state index in [1.807, 2.05) is 24.3 Å². The highest BCUT2D eigenvalue weighted by atomic mass is 35.5. The zero-order valence-corrected chi connectivity index (χ0v) is 17.9. The number of unbranched alkanes of at least 4 members (excludes halogenated alkanes) is 1. The lowest BCUT2D eigenvalue weighted by molar-refractivity contribution is -0.121. The molecule has 1 saturated heterocycles. The smallest absolute Gasteiger partial charge is 0.228 e. The summed E-state index contributed by atoms with van der Waals surface area (Å²) in [5.74, 6) is 0.104. The highest BCUT2D eigenvalue weighted by molar-refractivity contribution is 6.35. The molecule has 3 rings (SSSR count). The van der Waals surface area contributed by atoms with Crippen molar-refractivity contribution in [2.75, 3.05) is 18.4 Å². The molecule has 1 heterocycles. The lowest BCUT2D eigenvalue weighted by Gasteiger charge is -2.32. The molecule has 0 unspecified atom stereocenters. The average molecular weight is 419 g/mol. The molecule has 2 aromatic rings. The molecule has 0 bridgehead atoms. The SMILES string of the molecule is CCCCc1ccc(NC(=O)[C@H]2CCCN(Cc3ccc(Cl)cc3Cl)C2)cc1. The van der Waals surface area contributed by atoms with E-state index >= 15 is 0 Å². The molecule has 1 amide bonds. The third-order valence-corrected chi connectivity index (χ3v) is 5.91. The van der Waals surface area contributed by atoms with Crippen LogP contribution in [-0.2, 0) is 17.8 Å². The molecule has 0 saturated carbocycles. The highest BCUT2D eigenvalue weighted by Crippen LogP contribution is 2.25. The maximum absolute atomic E-state index is 12.8. The molecule has 5 heteroatoms. The predicted molar refractivity (Wildman–Crippen MR) is 118 cm³/mol. The third kappa shape index (κ3) is 5.97. The first kappa shape index (κ1) is 21.2. The Morgan fingerprint density at radius 2 is 1.96 bits per heavy atom. The van der Waals surface area contributed by atoms with E-state index in [0.717, 1.165) is 50.1 Å². The predicted octanol–water partition coefficient (Wildman–Crippen LogP) is 6.19.